The lowest BCUT2D eigenvalue weighted by molar-refractivity contribution is -0.443. The highest BCUT2D eigenvalue weighted by molar-refractivity contribution is 5.12. The first-order valence-electron chi connectivity index (χ1n) is 6.93. The molecule has 1 heterocycles. The third-order valence-electron chi connectivity index (χ3n) is 4.47. The molecular formula is C12H9F13O. The first-order valence-corrected chi connectivity index (χ1v) is 6.93. The summed E-state index contributed by atoms with van der Waals surface area (Å²) in [4.78, 5) is 0. The molecule has 2 rings (SSSR count). The number of ether oxygens (including phenoxy) is 1. The number of halogens is 13. The summed E-state index contributed by atoms with van der Waals surface area (Å²) in [5.41, 5.74) is 0. The van der Waals surface area contributed by atoms with E-state index in [1.54, 1.807) is 0 Å². The number of epoxide rings is 1. The predicted octanol–water partition coefficient (Wildman–Crippen LogP) is 5.29. The van der Waals surface area contributed by atoms with E-state index < -0.39 is 66.8 Å². The highest BCUT2D eigenvalue weighted by atomic mass is 19.4. The van der Waals surface area contributed by atoms with Crippen molar-refractivity contribution >= 4 is 0 Å². The Balaban J connectivity index is 2.40. The number of alkyl halides is 13. The second-order valence-electron chi connectivity index (χ2n) is 6.14. The van der Waals surface area contributed by atoms with Gasteiger partial charge in [-0.1, -0.05) is 0 Å². The van der Waals surface area contributed by atoms with Crippen LogP contribution in [0.3, 0.4) is 0 Å². The van der Waals surface area contributed by atoms with E-state index in [-0.39, 0.29) is 6.42 Å². The molecule has 3 unspecified atom stereocenters. The fraction of sp³-hybridized carbons (Fsp3) is 1.00. The van der Waals surface area contributed by atoms with Gasteiger partial charge in [0.15, 0.2) is 0 Å². The maximum Gasteiger partial charge on any atom is 0.460 e. The molecule has 154 valence electrons. The average molecular weight is 416 g/mol. The lowest BCUT2D eigenvalue weighted by Gasteiger charge is -2.42. The van der Waals surface area contributed by atoms with Crippen molar-refractivity contribution in [2.75, 3.05) is 0 Å². The minimum atomic E-state index is -7.83. The largest absolute Gasteiger partial charge is 0.460 e. The lowest BCUT2D eigenvalue weighted by atomic mass is 9.79. The van der Waals surface area contributed by atoms with Crippen LogP contribution in [-0.4, -0.2) is 48.0 Å². The molecule has 1 aliphatic heterocycles. The van der Waals surface area contributed by atoms with Gasteiger partial charge >= 0.3 is 35.8 Å². The van der Waals surface area contributed by atoms with Crippen LogP contribution < -0.4 is 0 Å². The zero-order valence-corrected chi connectivity index (χ0v) is 12.2. The number of hydrogen-bond donors (Lipinski definition) is 0. The number of hydrogen-bond acceptors (Lipinski definition) is 1. The van der Waals surface area contributed by atoms with Crippen molar-refractivity contribution in [3.8, 4) is 0 Å². The van der Waals surface area contributed by atoms with Crippen LogP contribution in [0.2, 0.25) is 0 Å². The Morgan fingerprint density at radius 2 is 1.00 bits per heavy atom. The Bertz CT molecular complexity index is 552. The molecule has 2 aliphatic rings. The fourth-order valence-electron chi connectivity index (χ4n) is 2.77. The van der Waals surface area contributed by atoms with Gasteiger partial charge in [0, 0.05) is 5.92 Å². The van der Waals surface area contributed by atoms with Gasteiger partial charge in [-0.3, -0.25) is 0 Å². The van der Waals surface area contributed by atoms with Gasteiger partial charge < -0.3 is 4.74 Å². The van der Waals surface area contributed by atoms with E-state index in [0.717, 1.165) is 0 Å². The van der Waals surface area contributed by atoms with Crippen molar-refractivity contribution in [1.82, 2.24) is 0 Å². The van der Waals surface area contributed by atoms with E-state index in [1.807, 2.05) is 0 Å². The van der Waals surface area contributed by atoms with Crippen LogP contribution in [0.15, 0.2) is 0 Å². The molecule has 0 radical (unpaired) electrons. The van der Waals surface area contributed by atoms with Crippen molar-refractivity contribution in [3.63, 3.8) is 0 Å². The van der Waals surface area contributed by atoms with E-state index in [0.29, 0.717) is 0 Å². The molecular weight excluding hydrogens is 407 g/mol. The van der Waals surface area contributed by atoms with Gasteiger partial charge in [-0.2, -0.15) is 57.1 Å². The Morgan fingerprint density at radius 3 is 1.42 bits per heavy atom. The molecule has 1 aliphatic carbocycles. The summed E-state index contributed by atoms with van der Waals surface area (Å²) in [5.74, 6) is -39.1. The molecule has 0 bridgehead atoms. The van der Waals surface area contributed by atoms with Crippen molar-refractivity contribution in [2.45, 2.75) is 67.3 Å². The zero-order chi connectivity index (χ0) is 20.6. The maximum absolute atomic E-state index is 13.8. The second-order valence-corrected chi connectivity index (χ2v) is 6.14. The third kappa shape index (κ3) is 2.65. The van der Waals surface area contributed by atoms with Gasteiger partial charge in [0.2, 0.25) is 0 Å². The predicted molar refractivity (Wildman–Crippen MR) is 56.8 cm³/mol. The Morgan fingerprint density at radius 1 is 0.538 bits per heavy atom. The van der Waals surface area contributed by atoms with E-state index >= 15 is 0 Å². The van der Waals surface area contributed by atoms with E-state index in [4.69, 9.17) is 0 Å². The molecule has 1 saturated carbocycles. The van der Waals surface area contributed by atoms with E-state index in [2.05, 4.69) is 4.74 Å². The third-order valence-corrected chi connectivity index (χ3v) is 4.47. The molecule has 2 fully saturated rings. The van der Waals surface area contributed by atoms with Crippen LogP contribution in [-0.2, 0) is 4.74 Å². The number of fused-ring (bicyclic) bond motifs is 1. The van der Waals surface area contributed by atoms with Crippen LogP contribution in [0.5, 0.6) is 0 Å². The first kappa shape index (κ1) is 21.4. The molecule has 3 atom stereocenters. The zero-order valence-electron chi connectivity index (χ0n) is 12.2. The van der Waals surface area contributed by atoms with Crippen molar-refractivity contribution in [3.05, 3.63) is 0 Å². The maximum atomic E-state index is 13.8. The SMILES string of the molecule is FC(F)(F)C(F)(F)C(F)(F)C(F)(F)C(F)(F)C(F)(F)C1CCC2OC2C1. The summed E-state index contributed by atoms with van der Waals surface area (Å²) < 4.78 is 174. The van der Waals surface area contributed by atoms with Crippen LogP contribution in [0.1, 0.15) is 19.3 Å². The monoisotopic (exact) mass is 416 g/mol. The van der Waals surface area contributed by atoms with Crippen molar-refractivity contribution < 1.29 is 61.8 Å². The van der Waals surface area contributed by atoms with Gasteiger partial charge in [-0.25, -0.2) is 0 Å². The van der Waals surface area contributed by atoms with Gasteiger partial charge in [0.05, 0.1) is 12.2 Å². The normalized spacial score (nSPS) is 28.7. The lowest BCUT2D eigenvalue weighted by Crippen LogP contribution is -2.71. The molecule has 1 nitrogen and oxygen atoms in total. The quantitative estimate of drug-likeness (QED) is 0.438. The van der Waals surface area contributed by atoms with Crippen LogP contribution in [0.4, 0.5) is 57.1 Å². The second kappa shape index (κ2) is 5.53. The summed E-state index contributed by atoms with van der Waals surface area (Å²) in [6, 6.07) is 0. The van der Waals surface area contributed by atoms with E-state index in [9.17, 15) is 57.1 Å². The van der Waals surface area contributed by atoms with Crippen molar-refractivity contribution in [1.29, 1.82) is 0 Å². The summed E-state index contributed by atoms with van der Waals surface area (Å²) >= 11 is 0. The van der Waals surface area contributed by atoms with Crippen LogP contribution in [0.25, 0.3) is 0 Å². The Hall–Kier alpha value is -0.950. The summed E-state index contributed by atoms with van der Waals surface area (Å²) in [5, 5.41) is 0. The van der Waals surface area contributed by atoms with Crippen LogP contribution in [0, 0.1) is 5.92 Å². The summed E-state index contributed by atoms with van der Waals surface area (Å²) in [6.45, 7) is 0. The van der Waals surface area contributed by atoms with Gasteiger partial charge in [0.25, 0.3) is 0 Å². The topological polar surface area (TPSA) is 12.5 Å². The smallest absolute Gasteiger partial charge is 0.370 e. The highest BCUT2D eigenvalue weighted by Crippen LogP contribution is 2.62. The van der Waals surface area contributed by atoms with Crippen LogP contribution >= 0.6 is 0 Å². The van der Waals surface area contributed by atoms with Crippen molar-refractivity contribution in [2.24, 2.45) is 5.92 Å². The Kier molecular flexibility index (Phi) is 4.54. The molecule has 0 aromatic heterocycles. The summed E-state index contributed by atoms with van der Waals surface area (Å²) in [6.07, 6.45) is -11.1. The summed E-state index contributed by atoms with van der Waals surface area (Å²) in [7, 11) is 0. The number of rotatable bonds is 5. The van der Waals surface area contributed by atoms with Gasteiger partial charge in [-0.15, -0.1) is 0 Å². The molecule has 14 heteroatoms. The Labute approximate surface area is 136 Å². The fourth-order valence-corrected chi connectivity index (χ4v) is 2.77. The highest BCUT2D eigenvalue weighted by Gasteiger charge is 2.91. The molecule has 0 amide bonds. The molecule has 0 aromatic rings. The molecule has 1 saturated heterocycles. The first-order chi connectivity index (χ1) is 11.3. The van der Waals surface area contributed by atoms with Gasteiger partial charge in [0.1, 0.15) is 0 Å². The standard InChI is InChI=1S/C12H9F13O/c13-7(14,4-1-2-5-6(3-4)26-5)8(15,16)9(17,18)10(19,20)11(21,22)12(23,24)25/h4-6H,1-3H2. The minimum absolute atomic E-state index is 0.304. The molecule has 0 N–H and O–H groups in total. The molecule has 0 spiro atoms. The minimum Gasteiger partial charge on any atom is -0.370 e. The molecule has 0 aromatic carbocycles. The van der Waals surface area contributed by atoms with E-state index in [1.165, 1.54) is 0 Å². The molecule has 26 heavy (non-hydrogen) atoms. The van der Waals surface area contributed by atoms with Gasteiger partial charge in [-0.05, 0) is 19.3 Å². The average Bonchev–Trinajstić information content (AvgIpc) is 3.23.